The minimum atomic E-state index is -0.546. The number of Topliss-reactive ketones (excluding diaryl/α,β-unsaturated/α-hetero) is 1. The van der Waals surface area contributed by atoms with Gasteiger partial charge in [0.05, 0.1) is 17.5 Å². The first-order valence-electron chi connectivity index (χ1n) is 9.25. The third-order valence-corrected chi connectivity index (χ3v) is 6.06. The predicted octanol–water partition coefficient (Wildman–Crippen LogP) is 4.67. The van der Waals surface area contributed by atoms with Crippen LogP contribution in [0.1, 0.15) is 35.8 Å². The molecule has 1 aliphatic heterocycles. The molecular weight excluding hydrogens is 432 g/mol. The van der Waals surface area contributed by atoms with Gasteiger partial charge in [-0.05, 0) is 45.1 Å². The van der Waals surface area contributed by atoms with Gasteiger partial charge in [-0.15, -0.1) is 0 Å². The number of methoxy groups -OCH3 is 1. The molecule has 2 aromatic rings. The SMILES string of the molecule is COc1ccc([C@@H]2C(C#N)=C(N)OC3=C2C(=O)C[C@@H](c2ccccc2)C3)cc1Br. The number of benzene rings is 2. The van der Waals surface area contributed by atoms with Gasteiger partial charge < -0.3 is 15.2 Å². The molecule has 2 aliphatic rings. The summed E-state index contributed by atoms with van der Waals surface area (Å²) in [5.74, 6) is 0.757. The minimum absolute atomic E-state index is 0.0164. The molecule has 1 heterocycles. The fourth-order valence-corrected chi connectivity index (χ4v) is 4.62. The van der Waals surface area contributed by atoms with Crippen molar-refractivity contribution in [2.75, 3.05) is 7.11 Å². The highest BCUT2D eigenvalue weighted by atomic mass is 79.9. The Morgan fingerprint density at radius 1 is 1.17 bits per heavy atom. The zero-order valence-electron chi connectivity index (χ0n) is 15.8. The summed E-state index contributed by atoms with van der Waals surface area (Å²) in [5, 5.41) is 9.73. The molecular formula is C23H19BrN2O3. The predicted molar refractivity (Wildman–Crippen MR) is 112 cm³/mol. The van der Waals surface area contributed by atoms with E-state index in [1.807, 2.05) is 42.5 Å². The lowest BCUT2D eigenvalue weighted by Crippen LogP contribution is -2.29. The summed E-state index contributed by atoms with van der Waals surface area (Å²) in [4.78, 5) is 13.2. The molecule has 0 saturated carbocycles. The number of nitrogens with two attached hydrogens (primary N) is 1. The van der Waals surface area contributed by atoms with Gasteiger partial charge in [-0.1, -0.05) is 36.4 Å². The monoisotopic (exact) mass is 450 g/mol. The molecule has 0 amide bonds. The summed E-state index contributed by atoms with van der Waals surface area (Å²) in [6.07, 6.45) is 0.941. The maximum absolute atomic E-state index is 13.2. The number of nitrogens with zero attached hydrogens (tertiary/aromatic N) is 1. The average molecular weight is 451 g/mol. The van der Waals surface area contributed by atoms with Crippen molar-refractivity contribution in [3.05, 3.63) is 86.9 Å². The van der Waals surface area contributed by atoms with E-state index >= 15 is 0 Å². The number of rotatable bonds is 3. The van der Waals surface area contributed by atoms with Gasteiger partial charge in [0.1, 0.15) is 23.2 Å². The smallest absolute Gasteiger partial charge is 0.205 e. The van der Waals surface area contributed by atoms with E-state index in [4.69, 9.17) is 15.2 Å². The van der Waals surface area contributed by atoms with Crippen molar-refractivity contribution < 1.29 is 14.3 Å². The Kier molecular flexibility index (Phi) is 5.16. The molecule has 0 unspecified atom stereocenters. The van der Waals surface area contributed by atoms with Crippen LogP contribution >= 0.6 is 15.9 Å². The summed E-state index contributed by atoms with van der Waals surface area (Å²) < 4.78 is 11.8. The fraction of sp³-hybridized carbons (Fsp3) is 0.217. The van der Waals surface area contributed by atoms with E-state index in [1.54, 1.807) is 13.2 Å². The number of halogens is 1. The van der Waals surface area contributed by atoms with E-state index in [0.717, 1.165) is 15.6 Å². The van der Waals surface area contributed by atoms with E-state index in [2.05, 4.69) is 22.0 Å². The second-order valence-corrected chi connectivity index (χ2v) is 7.95. The fourth-order valence-electron chi connectivity index (χ4n) is 4.06. The lowest BCUT2D eigenvalue weighted by atomic mass is 9.73. The largest absolute Gasteiger partial charge is 0.496 e. The molecule has 1 aliphatic carbocycles. The number of hydrogen-bond acceptors (Lipinski definition) is 5. The van der Waals surface area contributed by atoms with E-state index in [9.17, 15) is 10.1 Å². The highest BCUT2D eigenvalue weighted by Crippen LogP contribution is 2.47. The van der Waals surface area contributed by atoms with Gasteiger partial charge >= 0.3 is 0 Å². The minimum Gasteiger partial charge on any atom is -0.496 e. The van der Waals surface area contributed by atoms with Crippen LogP contribution in [0.25, 0.3) is 0 Å². The maximum Gasteiger partial charge on any atom is 0.205 e. The van der Waals surface area contributed by atoms with Gasteiger partial charge in [-0.2, -0.15) is 5.26 Å². The highest BCUT2D eigenvalue weighted by Gasteiger charge is 2.41. The Balaban J connectivity index is 1.80. The molecule has 0 aromatic heterocycles. The molecule has 6 heteroatoms. The van der Waals surface area contributed by atoms with Crippen LogP contribution in [0, 0.1) is 11.3 Å². The van der Waals surface area contributed by atoms with Crippen LogP contribution in [-0.2, 0) is 9.53 Å². The first-order valence-corrected chi connectivity index (χ1v) is 10.0. The number of hydrogen-bond donors (Lipinski definition) is 1. The average Bonchev–Trinajstić information content (AvgIpc) is 2.73. The van der Waals surface area contributed by atoms with Crippen molar-refractivity contribution in [3.63, 3.8) is 0 Å². The summed E-state index contributed by atoms with van der Waals surface area (Å²) in [5.41, 5.74) is 8.77. The Hall–Kier alpha value is -3.04. The lowest BCUT2D eigenvalue weighted by Gasteiger charge is -2.34. The third kappa shape index (κ3) is 3.43. The molecule has 2 N–H and O–H groups in total. The molecule has 4 rings (SSSR count). The van der Waals surface area contributed by atoms with E-state index < -0.39 is 5.92 Å². The molecule has 2 aromatic carbocycles. The highest BCUT2D eigenvalue weighted by molar-refractivity contribution is 9.10. The standard InChI is InChI=1S/C23H19BrN2O3/c1-28-19-8-7-14(9-17(19)24)21-16(12-25)23(26)29-20-11-15(10-18(27)22(20)21)13-5-3-2-4-6-13/h2-9,15,21H,10-11,26H2,1H3/t15-,21-/m1/s1. The number of ether oxygens (including phenoxy) is 2. The summed E-state index contributed by atoms with van der Waals surface area (Å²) in [6, 6.07) is 17.6. The van der Waals surface area contributed by atoms with Crippen LogP contribution in [0.3, 0.4) is 0 Å². The Morgan fingerprint density at radius 2 is 1.93 bits per heavy atom. The summed E-state index contributed by atoms with van der Waals surface area (Å²) in [6.45, 7) is 0. The van der Waals surface area contributed by atoms with E-state index in [0.29, 0.717) is 29.9 Å². The Morgan fingerprint density at radius 3 is 2.59 bits per heavy atom. The maximum atomic E-state index is 13.2. The molecule has 0 spiro atoms. The molecule has 0 fully saturated rings. The van der Waals surface area contributed by atoms with Crippen LogP contribution in [0.4, 0.5) is 0 Å². The summed E-state index contributed by atoms with van der Waals surface area (Å²) >= 11 is 3.49. The second kappa shape index (κ2) is 7.76. The van der Waals surface area contributed by atoms with E-state index in [1.165, 1.54) is 0 Å². The zero-order chi connectivity index (χ0) is 20.5. The van der Waals surface area contributed by atoms with Gasteiger partial charge in [0, 0.05) is 18.4 Å². The van der Waals surface area contributed by atoms with Crippen molar-refractivity contribution in [1.29, 1.82) is 5.26 Å². The van der Waals surface area contributed by atoms with Gasteiger partial charge in [0.25, 0.3) is 0 Å². The number of carbonyl (C=O) groups is 1. The molecule has 0 bridgehead atoms. The number of carbonyl (C=O) groups excluding carboxylic acids is 1. The first-order chi connectivity index (χ1) is 14.0. The Bertz CT molecular complexity index is 1080. The van der Waals surface area contributed by atoms with Crippen molar-refractivity contribution in [3.8, 4) is 11.8 Å². The van der Waals surface area contributed by atoms with Crippen LogP contribution < -0.4 is 10.5 Å². The number of nitriles is 1. The molecule has 146 valence electrons. The molecule has 0 radical (unpaired) electrons. The van der Waals surface area contributed by atoms with Gasteiger partial charge in [-0.3, -0.25) is 4.79 Å². The number of ketones is 1. The Labute approximate surface area is 177 Å². The quantitative estimate of drug-likeness (QED) is 0.734. The third-order valence-electron chi connectivity index (χ3n) is 5.44. The lowest BCUT2D eigenvalue weighted by molar-refractivity contribution is -0.117. The van der Waals surface area contributed by atoms with Crippen LogP contribution in [-0.4, -0.2) is 12.9 Å². The summed E-state index contributed by atoms with van der Waals surface area (Å²) in [7, 11) is 1.59. The van der Waals surface area contributed by atoms with Crippen LogP contribution in [0.5, 0.6) is 5.75 Å². The zero-order valence-corrected chi connectivity index (χ0v) is 17.4. The molecule has 5 nitrogen and oxygen atoms in total. The van der Waals surface area contributed by atoms with Crippen molar-refractivity contribution in [2.24, 2.45) is 5.73 Å². The second-order valence-electron chi connectivity index (χ2n) is 7.09. The molecule has 29 heavy (non-hydrogen) atoms. The van der Waals surface area contributed by atoms with Crippen LogP contribution in [0.2, 0.25) is 0 Å². The van der Waals surface area contributed by atoms with Gasteiger partial charge in [0.2, 0.25) is 5.88 Å². The normalized spacial score (nSPS) is 21.3. The van der Waals surface area contributed by atoms with Crippen molar-refractivity contribution in [1.82, 2.24) is 0 Å². The molecule has 0 saturated heterocycles. The van der Waals surface area contributed by atoms with Crippen molar-refractivity contribution in [2.45, 2.75) is 24.7 Å². The van der Waals surface area contributed by atoms with E-state index in [-0.39, 0.29) is 23.2 Å². The number of allylic oxidation sites excluding steroid dienone is 3. The molecule has 2 atom stereocenters. The first kappa shape index (κ1) is 19.3. The topological polar surface area (TPSA) is 85.3 Å². The van der Waals surface area contributed by atoms with Crippen molar-refractivity contribution >= 4 is 21.7 Å². The van der Waals surface area contributed by atoms with Crippen LogP contribution in [0.15, 0.2) is 75.8 Å². The van der Waals surface area contributed by atoms with Gasteiger partial charge in [0.15, 0.2) is 5.78 Å². The van der Waals surface area contributed by atoms with Gasteiger partial charge in [-0.25, -0.2) is 0 Å².